The van der Waals surface area contributed by atoms with Crippen molar-refractivity contribution in [2.24, 2.45) is 34.5 Å². The average molecular weight is 349 g/mol. The molecule has 1 heteroatoms. The van der Waals surface area contributed by atoms with E-state index in [1.165, 1.54) is 50.5 Å². The van der Waals surface area contributed by atoms with Crippen LogP contribution in [0.4, 0.5) is 0 Å². The van der Waals surface area contributed by atoms with Crippen molar-refractivity contribution in [3.63, 3.8) is 0 Å². The van der Waals surface area contributed by atoms with Gasteiger partial charge >= 0.3 is 0 Å². The van der Waals surface area contributed by atoms with Gasteiger partial charge in [-0.25, -0.2) is 4.98 Å². The molecule has 5 rings (SSSR count). The Morgan fingerprint density at radius 3 is 2.65 bits per heavy atom. The van der Waals surface area contributed by atoms with E-state index in [4.69, 9.17) is 0 Å². The summed E-state index contributed by atoms with van der Waals surface area (Å²) < 4.78 is 0. The first kappa shape index (κ1) is 16.8. The number of H-pyrrole nitrogens is 1. The summed E-state index contributed by atoms with van der Waals surface area (Å²) in [7, 11) is 0. The van der Waals surface area contributed by atoms with Crippen molar-refractivity contribution in [3.05, 3.63) is 47.8 Å². The summed E-state index contributed by atoms with van der Waals surface area (Å²) in [5.74, 6) is 3.54. The van der Waals surface area contributed by atoms with E-state index in [0.29, 0.717) is 10.8 Å². The van der Waals surface area contributed by atoms with Gasteiger partial charge in [0, 0.05) is 11.6 Å². The van der Waals surface area contributed by atoms with Crippen molar-refractivity contribution in [1.29, 1.82) is 0 Å². The van der Waals surface area contributed by atoms with Crippen LogP contribution in [-0.4, -0.2) is 0 Å². The first-order valence-corrected chi connectivity index (χ1v) is 10.9. The molecule has 0 spiro atoms. The molecular weight excluding hydrogens is 314 g/mol. The van der Waals surface area contributed by atoms with Crippen LogP contribution in [0, 0.1) is 34.5 Å². The zero-order chi connectivity index (χ0) is 17.9. The second-order valence-corrected chi connectivity index (χ2v) is 10.2. The molecule has 1 aromatic rings. The Morgan fingerprint density at radius 2 is 1.85 bits per heavy atom. The maximum absolute atomic E-state index is 3.30. The first-order valence-electron chi connectivity index (χ1n) is 10.9. The van der Waals surface area contributed by atoms with Crippen LogP contribution in [0.2, 0.25) is 0 Å². The van der Waals surface area contributed by atoms with Crippen molar-refractivity contribution in [2.75, 3.05) is 0 Å². The number of rotatable bonds is 1. The normalized spacial score (nSPS) is 44.4. The smallest absolute Gasteiger partial charge is 0.174 e. The van der Waals surface area contributed by atoms with Gasteiger partial charge in [0.2, 0.25) is 0 Å². The molecule has 4 unspecified atom stereocenters. The molecule has 6 atom stereocenters. The molecule has 0 saturated heterocycles. The molecule has 26 heavy (non-hydrogen) atoms. The lowest BCUT2D eigenvalue weighted by molar-refractivity contribution is -0.378. The number of hydrogen-bond acceptors (Lipinski definition) is 0. The molecule has 0 radical (unpaired) electrons. The van der Waals surface area contributed by atoms with Gasteiger partial charge in [0.25, 0.3) is 0 Å². The van der Waals surface area contributed by atoms with Gasteiger partial charge in [-0.05, 0) is 91.1 Å². The summed E-state index contributed by atoms with van der Waals surface area (Å²) in [5, 5.41) is 0. The molecule has 0 aliphatic heterocycles. The highest BCUT2D eigenvalue weighted by atomic mass is 14.6. The zero-order valence-corrected chi connectivity index (χ0v) is 16.7. The minimum absolute atomic E-state index is 0.375. The van der Waals surface area contributed by atoms with E-state index in [1.807, 2.05) is 11.8 Å². The number of fused-ring (bicyclic) bond motifs is 5. The predicted octanol–water partition coefficient (Wildman–Crippen LogP) is 6.09. The highest BCUT2D eigenvalue weighted by Crippen LogP contribution is 2.66. The summed E-state index contributed by atoms with van der Waals surface area (Å²) >= 11 is 0. The van der Waals surface area contributed by atoms with Crippen LogP contribution in [0.15, 0.2) is 42.3 Å². The van der Waals surface area contributed by atoms with E-state index in [0.717, 1.165) is 23.7 Å². The summed E-state index contributed by atoms with van der Waals surface area (Å²) in [5.41, 5.74) is 5.74. The zero-order valence-electron chi connectivity index (χ0n) is 16.7. The molecular formula is C25H34N+. The van der Waals surface area contributed by atoms with Crippen LogP contribution >= 0.6 is 0 Å². The second kappa shape index (κ2) is 5.81. The van der Waals surface area contributed by atoms with E-state index in [2.05, 4.69) is 56.2 Å². The Morgan fingerprint density at radius 1 is 1.00 bits per heavy atom. The molecule has 0 amide bonds. The third-order valence-corrected chi connectivity index (χ3v) is 8.95. The Hall–Kier alpha value is -1.37. The summed E-state index contributed by atoms with van der Waals surface area (Å²) in [6, 6.07) is 4.45. The second-order valence-electron chi connectivity index (χ2n) is 10.2. The number of hydrogen-bond donors (Lipinski definition) is 0. The molecule has 1 aromatic heterocycles. The SMILES string of the molecule is CC1CC[C@@]2(C)C(=CCC3C2CC[C@]2(C)C(c4ccc[nH+]c4)=CCC32)C1. The van der Waals surface area contributed by atoms with Crippen LogP contribution in [0.1, 0.15) is 71.3 Å². The van der Waals surface area contributed by atoms with Crippen LogP contribution in [0.5, 0.6) is 0 Å². The molecule has 0 bridgehead atoms. The number of aromatic amines is 1. The lowest BCUT2D eigenvalue weighted by Gasteiger charge is -2.58. The largest absolute Gasteiger partial charge is 0.217 e. The molecule has 0 aromatic carbocycles. The van der Waals surface area contributed by atoms with E-state index < -0.39 is 0 Å². The summed E-state index contributed by atoms with van der Waals surface area (Å²) in [4.78, 5) is 3.30. The average Bonchev–Trinajstić information content (AvgIpc) is 3.00. The number of aromatic nitrogens is 1. The van der Waals surface area contributed by atoms with Crippen LogP contribution < -0.4 is 4.98 Å². The van der Waals surface area contributed by atoms with Gasteiger partial charge in [0.05, 0.1) is 0 Å². The van der Waals surface area contributed by atoms with Crippen molar-refractivity contribution in [2.45, 2.75) is 65.7 Å². The van der Waals surface area contributed by atoms with Gasteiger partial charge in [-0.15, -0.1) is 0 Å². The van der Waals surface area contributed by atoms with Crippen molar-refractivity contribution in [3.8, 4) is 0 Å². The van der Waals surface area contributed by atoms with Gasteiger partial charge in [-0.1, -0.05) is 38.5 Å². The lowest BCUT2D eigenvalue weighted by atomic mass is 9.47. The molecule has 2 fully saturated rings. The fourth-order valence-corrected chi connectivity index (χ4v) is 7.42. The predicted molar refractivity (Wildman–Crippen MR) is 107 cm³/mol. The molecule has 4 aliphatic rings. The Balaban J connectivity index is 1.48. The lowest BCUT2D eigenvalue weighted by Crippen LogP contribution is -2.49. The highest BCUT2D eigenvalue weighted by molar-refractivity contribution is 5.72. The molecule has 2 saturated carbocycles. The van der Waals surface area contributed by atoms with Crippen molar-refractivity contribution in [1.82, 2.24) is 0 Å². The maximum Gasteiger partial charge on any atom is 0.174 e. The molecule has 138 valence electrons. The van der Waals surface area contributed by atoms with Gasteiger partial charge in [0.1, 0.15) is 0 Å². The summed E-state index contributed by atoms with van der Waals surface area (Å²) in [6.45, 7) is 7.65. The fraction of sp³-hybridized carbons (Fsp3) is 0.640. The van der Waals surface area contributed by atoms with E-state index in [9.17, 15) is 0 Å². The van der Waals surface area contributed by atoms with Crippen molar-refractivity contribution >= 4 is 5.57 Å². The third-order valence-electron chi connectivity index (χ3n) is 8.95. The Kier molecular flexibility index (Phi) is 3.75. The molecule has 1 nitrogen and oxygen atoms in total. The molecule has 1 heterocycles. The van der Waals surface area contributed by atoms with Crippen LogP contribution in [-0.2, 0) is 0 Å². The van der Waals surface area contributed by atoms with Gasteiger partial charge in [0.15, 0.2) is 12.4 Å². The quantitative estimate of drug-likeness (QED) is 0.545. The maximum atomic E-state index is 3.30. The third kappa shape index (κ3) is 2.25. The first-order chi connectivity index (χ1) is 12.5. The Bertz CT molecular complexity index is 760. The van der Waals surface area contributed by atoms with E-state index >= 15 is 0 Å². The van der Waals surface area contributed by atoms with Crippen molar-refractivity contribution < 1.29 is 4.98 Å². The minimum Gasteiger partial charge on any atom is -0.217 e. The number of allylic oxidation sites excluding steroid dienone is 4. The number of pyridine rings is 1. The fourth-order valence-electron chi connectivity index (χ4n) is 7.42. The topological polar surface area (TPSA) is 14.1 Å². The highest BCUT2D eigenvalue weighted by Gasteiger charge is 2.56. The Labute approximate surface area is 159 Å². The monoisotopic (exact) mass is 348 g/mol. The van der Waals surface area contributed by atoms with Crippen LogP contribution in [0.25, 0.3) is 5.57 Å². The van der Waals surface area contributed by atoms with Gasteiger partial charge < -0.3 is 0 Å². The number of nitrogens with one attached hydrogen (secondary N) is 1. The van der Waals surface area contributed by atoms with Gasteiger partial charge in [-0.2, -0.15) is 0 Å². The van der Waals surface area contributed by atoms with E-state index in [-0.39, 0.29) is 0 Å². The summed E-state index contributed by atoms with van der Waals surface area (Å²) in [6.07, 6.45) is 19.2. The molecule has 1 N–H and O–H groups in total. The molecule has 4 aliphatic carbocycles. The standard InChI is InChI=1S/C25H33N/c1-17-10-12-24(2)19(15-17)6-7-20-22-9-8-21(18-5-4-14-26-16-18)25(22,3)13-11-23(20)24/h4-6,8,14,16-17,20,22-23H,7,9-13,15H2,1-3H3/p+1/t17?,20?,22?,23?,24-,25+/m0/s1. The minimum atomic E-state index is 0.375. The van der Waals surface area contributed by atoms with Crippen LogP contribution in [0.3, 0.4) is 0 Å². The van der Waals surface area contributed by atoms with E-state index in [1.54, 1.807) is 5.57 Å². The van der Waals surface area contributed by atoms with Gasteiger partial charge in [-0.3, -0.25) is 0 Å².